The summed E-state index contributed by atoms with van der Waals surface area (Å²) in [5.74, 6) is -2.05. The second-order valence-electron chi connectivity index (χ2n) is 5.53. The van der Waals surface area contributed by atoms with Crippen LogP contribution in [0.15, 0.2) is 36.4 Å². The third-order valence-electron chi connectivity index (χ3n) is 3.56. The van der Waals surface area contributed by atoms with Crippen LogP contribution in [-0.2, 0) is 9.53 Å². The summed E-state index contributed by atoms with van der Waals surface area (Å²) in [5.41, 5.74) is 5.75. The lowest BCUT2D eigenvalue weighted by molar-refractivity contribution is -0.384. The van der Waals surface area contributed by atoms with Gasteiger partial charge in [0.05, 0.1) is 16.2 Å². The molecule has 2 rings (SSSR count). The van der Waals surface area contributed by atoms with Crippen LogP contribution in [-0.4, -0.2) is 22.9 Å². The van der Waals surface area contributed by atoms with E-state index < -0.39 is 28.7 Å². The summed E-state index contributed by atoms with van der Waals surface area (Å²) in [7, 11) is 0. The number of nitro benzene ring substituents is 1. The quantitative estimate of drug-likeness (QED) is 0.365. The monoisotopic (exact) mass is 361 g/mol. The molecule has 1 amide bonds. The number of anilines is 2. The summed E-state index contributed by atoms with van der Waals surface area (Å²) in [6.07, 6.45) is -1.19. The lowest BCUT2D eigenvalue weighted by Gasteiger charge is -2.14. The minimum Gasteiger partial charge on any atom is -0.449 e. The van der Waals surface area contributed by atoms with Gasteiger partial charge >= 0.3 is 5.97 Å². The van der Waals surface area contributed by atoms with Gasteiger partial charge in [-0.25, -0.2) is 9.18 Å². The summed E-state index contributed by atoms with van der Waals surface area (Å²) < 4.78 is 18.5. The summed E-state index contributed by atoms with van der Waals surface area (Å²) in [4.78, 5) is 34.2. The Morgan fingerprint density at radius 2 is 1.96 bits per heavy atom. The highest BCUT2D eigenvalue weighted by atomic mass is 19.1. The maximum Gasteiger partial charge on any atom is 0.341 e. The number of hydrogen-bond donors (Lipinski definition) is 2. The molecular weight excluding hydrogens is 345 g/mol. The highest BCUT2D eigenvalue weighted by Gasteiger charge is 2.22. The van der Waals surface area contributed by atoms with Gasteiger partial charge in [0.15, 0.2) is 6.10 Å². The number of nitrogen functional groups attached to an aromatic ring is 1. The molecule has 0 saturated heterocycles. The number of ether oxygens (including phenoxy) is 1. The maximum absolute atomic E-state index is 13.5. The van der Waals surface area contributed by atoms with Crippen molar-refractivity contribution in [3.8, 4) is 0 Å². The predicted octanol–water partition coefficient (Wildman–Crippen LogP) is 2.81. The van der Waals surface area contributed by atoms with Gasteiger partial charge in [-0.05, 0) is 37.6 Å². The van der Waals surface area contributed by atoms with Crippen molar-refractivity contribution in [2.45, 2.75) is 20.0 Å². The number of rotatable bonds is 5. The number of nitrogens with zero attached hydrogens (tertiary/aromatic N) is 1. The van der Waals surface area contributed by atoms with Gasteiger partial charge in [0, 0.05) is 17.8 Å². The molecule has 0 aliphatic heterocycles. The van der Waals surface area contributed by atoms with E-state index >= 15 is 0 Å². The van der Waals surface area contributed by atoms with Crippen molar-refractivity contribution in [2.75, 3.05) is 11.1 Å². The van der Waals surface area contributed by atoms with E-state index in [1.54, 1.807) is 6.92 Å². The molecule has 0 radical (unpaired) electrons. The third kappa shape index (κ3) is 4.32. The van der Waals surface area contributed by atoms with Crippen LogP contribution < -0.4 is 11.1 Å². The zero-order valence-electron chi connectivity index (χ0n) is 14.0. The first-order chi connectivity index (χ1) is 12.2. The van der Waals surface area contributed by atoms with Gasteiger partial charge in [-0.15, -0.1) is 0 Å². The Kier molecular flexibility index (Phi) is 5.51. The van der Waals surface area contributed by atoms with E-state index in [4.69, 9.17) is 10.5 Å². The van der Waals surface area contributed by atoms with Crippen LogP contribution in [0, 0.1) is 22.9 Å². The smallest absolute Gasteiger partial charge is 0.341 e. The SMILES string of the molecule is Cc1ccc(NC(=O)[C@H](C)OC(=O)c2ccc([N+](=O)[O-])cc2N)cc1F. The van der Waals surface area contributed by atoms with E-state index in [-0.39, 0.29) is 22.6 Å². The molecule has 26 heavy (non-hydrogen) atoms. The van der Waals surface area contributed by atoms with Crippen molar-refractivity contribution >= 4 is 28.9 Å². The normalized spacial score (nSPS) is 11.5. The summed E-state index contributed by atoms with van der Waals surface area (Å²) in [5, 5.41) is 13.1. The number of carbonyl (C=O) groups is 2. The number of nitrogens with one attached hydrogen (secondary N) is 1. The molecule has 0 unspecified atom stereocenters. The lowest BCUT2D eigenvalue weighted by Crippen LogP contribution is -2.30. The molecular formula is C17H16FN3O5. The number of nitro groups is 1. The van der Waals surface area contributed by atoms with Crippen molar-refractivity contribution in [2.24, 2.45) is 0 Å². The molecule has 0 aliphatic carbocycles. The number of esters is 1. The Morgan fingerprint density at radius 1 is 1.27 bits per heavy atom. The first-order valence-electron chi connectivity index (χ1n) is 7.51. The molecule has 0 aromatic heterocycles. The fourth-order valence-corrected chi connectivity index (χ4v) is 2.04. The Hall–Kier alpha value is -3.49. The topological polar surface area (TPSA) is 125 Å². The largest absolute Gasteiger partial charge is 0.449 e. The molecule has 0 aliphatic rings. The number of aryl methyl sites for hydroxylation is 1. The first-order valence-corrected chi connectivity index (χ1v) is 7.51. The van der Waals surface area contributed by atoms with E-state index in [0.717, 1.165) is 24.3 Å². The van der Waals surface area contributed by atoms with Gasteiger partial charge in [0.25, 0.3) is 11.6 Å². The molecule has 0 fully saturated rings. The third-order valence-corrected chi connectivity index (χ3v) is 3.56. The average Bonchev–Trinajstić information content (AvgIpc) is 2.57. The minimum atomic E-state index is -1.19. The Morgan fingerprint density at radius 3 is 2.54 bits per heavy atom. The molecule has 136 valence electrons. The maximum atomic E-state index is 13.5. The highest BCUT2D eigenvalue weighted by Crippen LogP contribution is 2.21. The molecule has 0 saturated carbocycles. The van der Waals surface area contributed by atoms with Gasteiger partial charge in [0.2, 0.25) is 0 Å². The molecule has 0 heterocycles. The zero-order chi connectivity index (χ0) is 19.4. The van der Waals surface area contributed by atoms with Gasteiger partial charge in [-0.3, -0.25) is 14.9 Å². The first kappa shape index (κ1) is 18.8. The highest BCUT2D eigenvalue weighted by molar-refractivity contribution is 5.99. The van der Waals surface area contributed by atoms with Crippen LogP contribution in [0.5, 0.6) is 0 Å². The number of benzene rings is 2. The van der Waals surface area contributed by atoms with Crippen molar-refractivity contribution in [1.29, 1.82) is 0 Å². The summed E-state index contributed by atoms with van der Waals surface area (Å²) in [6, 6.07) is 7.44. The van der Waals surface area contributed by atoms with Crippen molar-refractivity contribution < 1.29 is 23.6 Å². The van der Waals surface area contributed by atoms with Gasteiger partial charge in [-0.1, -0.05) is 6.07 Å². The predicted molar refractivity (Wildman–Crippen MR) is 92.2 cm³/mol. The van der Waals surface area contributed by atoms with Crippen LogP contribution in [0.2, 0.25) is 0 Å². The number of non-ortho nitro benzene ring substituents is 1. The van der Waals surface area contributed by atoms with E-state index in [1.807, 2.05) is 0 Å². The Balaban J connectivity index is 2.05. The number of carbonyl (C=O) groups excluding carboxylic acids is 2. The van der Waals surface area contributed by atoms with Gasteiger partial charge in [0.1, 0.15) is 5.82 Å². The second kappa shape index (κ2) is 7.60. The number of hydrogen-bond acceptors (Lipinski definition) is 6. The molecule has 3 N–H and O–H groups in total. The lowest BCUT2D eigenvalue weighted by atomic mass is 10.1. The molecule has 0 spiro atoms. The van der Waals surface area contributed by atoms with E-state index in [1.165, 1.54) is 19.1 Å². The molecule has 1 atom stereocenters. The van der Waals surface area contributed by atoms with Gasteiger partial charge < -0.3 is 15.8 Å². The second-order valence-corrected chi connectivity index (χ2v) is 5.53. The molecule has 2 aromatic rings. The van der Waals surface area contributed by atoms with E-state index in [9.17, 15) is 24.1 Å². The van der Waals surface area contributed by atoms with Crippen LogP contribution in [0.3, 0.4) is 0 Å². The van der Waals surface area contributed by atoms with Crippen LogP contribution >= 0.6 is 0 Å². The van der Waals surface area contributed by atoms with Crippen LogP contribution in [0.1, 0.15) is 22.8 Å². The van der Waals surface area contributed by atoms with E-state index in [2.05, 4.69) is 5.32 Å². The minimum absolute atomic E-state index is 0.100. The summed E-state index contributed by atoms with van der Waals surface area (Å²) in [6.45, 7) is 2.92. The standard InChI is InChI=1S/C17H16FN3O5/c1-9-3-4-11(7-14(9)18)20-16(22)10(2)26-17(23)13-6-5-12(21(24)25)8-15(13)19/h3-8,10H,19H2,1-2H3,(H,20,22)/t10-/m0/s1. The van der Waals surface area contributed by atoms with Crippen LogP contribution in [0.25, 0.3) is 0 Å². The Bertz CT molecular complexity index is 885. The van der Waals surface area contributed by atoms with Crippen molar-refractivity contribution in [3.05, 3.63) is 63.5 Å². The fraction of sp³-hybridized carbons (Fsp3) is 0.176. The molecule has 8 nitrogen and oxygen atoms in total. The number of amides is 1. The molecule has 9 heteroatoms. The zero-order valence-corrected chi connectivity index (χ0v) is 14.0. The number of halogens is 1. The van der Waals surface area contributed by atoms with Crippen LogP contribution in [0.4, 0.5) is 21.5 Å². The van der Waals surface area contributed by atoms with Crippen molar-refractivity contribution in [3.63, 3.8) is 0 Å². The number of nitrogens with two attached hydrogens (primary N) is 1. The fourth-order valence-electron chi connectivity index (χ4n) is 2.04. The van der Waals surface area contributed by atoms with Gasteiger partial charge in [-0.2, -0.15) is 0 Å². The summed E-state index contributed by atoms with van der Waals surface area (Å²) >= 11 is 0. The van der Waals surface area contributed by atoms with Crippen molar-refractivity contribution in [1.82, 2.24) is 0 Å². The molecule has 0 bridgehead atoms. The Labute approximate surface area is 147 Å². The average molecular weight is 361 g/mol. The van der Waals surface area contributed by atoms with E-state index in [0.29, 0.717) is 5.56 Å². The molecule has 2 aromatic carbocycles.